The molecule has 0 aromatic carbocycles. The number of ether oxygens (including phenoxy) is 1. The normalized spacial score (nSPS) is 25.8. The fourth-order valence-electron chi connectivity index (χ4n) is 3.69. The van der Waals surface area contributed by atoms with E-state index in [1.807, 2.05) is 20.8 Å². The summed E-state index contributed by atoms with van der Waals surface area (Å²) >= 11 is 0. The molecule has 0 aliphatic heterocycles. The van der Waals surface area contributed by atoms with Gasteiger partial charge in [0.05, 0.1) is 6.61 Å². The summed E-state index contributed by atoms with van der Waals surface area (Å²) in [5.41, 5.74) is -0.999. The van der Waals surface area contributed by atoms with Crippen molar-refractivity contribution in [3.63, 3.8) is 0 Å². The van der Waals surface area contributed by atoms with Crippen LogP contribution >= 0.6 is 0 Å². The highest BCUT2D eigenvalue weighted by molar-refractivity contribution is 5.68. The molecule has 1 fully saturated rings. The maximum Gasteiger partial charge on any atom is 0.426 e. The lowest BCUT2D eigenvalue weighted by Crippen LogP contribution is -2.57. The molecule has 2 atom stereocenters. The molecule has 0 radical (unpaired) electrons. The van der Waals surface area contributed by atoms with Crippen molar-refractivity contribution < 1.29 is 24.0 Å². The van der Waals surface area contributed by atoms with E-state index >= 15 is 0 Å². The molecule has 2 amide bonds. The van der Waals surface area contributed by atoms with Gasteiger partial charge in [-0.2, -0.15) is 5.90 Å². The van der Waals surface area contributed by atoms with Crippen molar-refractivity contribution in [1.82, 2.24) is 10.6 Å². The van der Waals surface area contributed by atoms with E-state index in [1.54, 1.807) is 0 Å². The summed E-state index contributed by atoms with van der Waals surface area (Å²) in [6.07, 6.45) is 0.868. The average Bonchev–Trinajstić information content (AvgIpc) is 2.42. The number of rotatable bonds is 6. The molecule has 146 valence electrons. The largest absolute Gasteiger partial charge is 0.449 e. The molecule has 9 heteroatoms. The summed E-state index contributed by atoms with van der Waals surface area (Å²) in [5, 5.41) is 5.65. The van der Waals surface area contributed by atoms with E-state index in [-0.39, 0.29) is 30.1 Å². The molecule has 0 saturated heterocycles. The summed E-state index contributed by atoms with van der Waals surface area (Å²) in [5.74, 6) is 9.99. The van der Waals surface area contributed by atoms with Crippen molar-refractivity contribution in [1.29, 1.82) is 0 Å². The first-order valence-electron chi connectivity index (χ1n) is 8.34. The van der Waals surface area contributed by atoms with Crippen LogP contribution in [-0.4, -0.2) is 37.0 Å². The van der Waals surface area contributed by atoms with Gasteiger partial charge in [0.15, 0.2) is 0 Å². The number of hydrogen-bond acceptors (Lipinski definition) is 7. The van der Waals surface area contributed by atoms with Crippen molar-refractivity contribution in [2.24, 2.45) is 22.6 Å². The van der Waals surface area contributed by atoms with Crippen molar-refractivity contribution >= 4 is 12.2 Å². The van der Waals surface area contributed by atoms with Gasteiger partial charge in [0.1, 0.15) is 6.61 Å². The second-order valence-corrected chi connectivity index (χ2v) is 8.73. The molecule has 9 nitrogen and oxygen atoms in total. The van der Waals surface area contributed by atoms with Crippen LogP contribution in [-0.2, 0) is 14.4 Å². The van der Waals surface area contributed by atoms with Crippen LogP contribution in [0.1, 0.15) is 53.9 Å². The maximum absolute atomic E-state index is 12.1. The Kier molecular flexibility index (Phi) is 7.04. The Bertz CT molecular complexity index is 483. The lowest BCUT2D eigenvalue weighted by atomic mass is 9.67. The number of carbonyl (C=O) groups is 2. The minimum Gasteiger partial charge on any atom is -0.449 e. The molecule has 1 aliphatic rings. The highest BCUT2D eigenvalue weighted by Gasteiger charge is 2.43. The van der Waals surface area contributed by atoms with Crippen molar-refractivity contribution in [2.75, 3.05) is 13.2 Å². The van der Waals surface area contributed by atoms with Crippen LogP contribution in [0.2, 0.25) is 0 Å². The molecule has 2 unspecified atom stereocenters. The molecule has 0 bridgehead atoms. The van der Waals surface area contributed by atoms with Crippen LogP contribution in [0.15, 0.2) is 0 Å². The van der Waals surface area contributed by atoms with Crippen molar-refractivity contribution in [2.45, 2.75) is 65.5 Å². The number of carbonyl (C=O) groups excluding carboxylic acids is 2. The standard InChI is InChI=1S/C16H32N4O5/c1-14(2)6-11(7-16(5,8-14)20-13(22)25-18)19-12(21)23-9-15(3,4)10-24-17/h11H,6-10,17-18H2,1-5H3,(H,19,21)(H,20,22). The molecular formula is C16H32N4O5. The van der Waals surface area contributed by atoms with Crippen LogP contribution in [0.3, 0.4) is 0 Å². The van der Waals surface area contributed by atoms with E-state index in [9.17, 15) is 9.59 Å². The number of amides is 2. The van der Waals surface area contributed by atoms with Gasteiger partial charge in [0, 0.05) is 17.0 Å². The Hall–Kier alpha value is -1.58. The molecular weight excluding hydrogens is 328 g/mol. The third-order valence-corrected chi connectivity index (χ3v) is 4.27. The second kappa shape index (κ2) is 8.20. The van der Waals surface area contributed by atoms with Gasteiger partial charge in [-0.05, 0) is 31.6 Å². The predicted octanol–water partition coefficient (Wildman–Crippen LogP) is 1.57. The summed E-state index contributed by atoms with van der Waals surface area (Å²) in [7, 11) is 0. The maximum atomic E-state index is 12.1. The summed E-state index contributed by atoms with van der Waals surface area (Å²) in [6, 6.07) is -0.145. The lowest BCUT2D eigenvalue weighted by Gasteiger charge is -2.46. The monoisotopic (exact) mass is 360 g/mol. The minimum atomic E-state index is -0.690. The Morgan fingerprint density at radius 2 is 1.76 bits per heavy atom. The van der Waals surface area contributed by atoms with E-state index in [1.165, 1.54) is 0 Å². The zero-order chi connectivity index (χ0) is 19.3. The SMILES string of the molecule is CC(C)(CON)COC(=O)NC1CC(C)(C)CC(C)(NC(=O)ON)C1. The quantitative estimate of drug-likeness (QED) is 0.527. The van der Waals surface area contributed by atoms with Crippen LogP contribution in [0.4, 0.5) is 9.59 Å². The van der Waals surface area contributed by atoms with Gasteiger partial charge in [-0.15, -0.1) is 0 Å². The van der Waals surface area contributed by atoms with Crippen LogP contribution in [0.25, 0.3) is 0 Å². The Morgan fingerprint density at radius 3 is 2.32 bits per heavy atom. The zero-order valence-corrected chi connectivity index (χ0v) is 15.8. The van der Waals surface area contributed by atoms with Gasteiger partial charge in [0.25, 0.3) is 0 Å². The van der Waals surface area contributed by atoms with E-state index in [0.29, 0.717) is 6.42 Å². The van der Waals surface area contributed by atoms with E-state index in [2.05, 4.69) is 34.2 Å². The Balaban J connectivity index is 2.64. The van der Waals surface area contributed by atoms with Crippen molar-refractivity contribution in [3.05, 3.63) is 0 Å². The first-order valence-corrected chi connectivity index (χ1v) is 8.34. The second-order valence-electron chi connectivity index (χ2n) is 8.73. The van der Waals surface area contributed by atoms with Gasteiger partial charge in [-0.1, -0.05) is 27.7 Å². The highest BCUT2D eigenvalue weighted by Crippen LogP contribution is 2.41. The van der Waals surface area contributed by atoms with Gasteiger partial charge in [-0.25, -0.2) is 15.5 Å². The van der Waals surface area contributed by atoms with Gasteiger partial charge in [-0.3, -0.25) is 0 Å². The molecule has 25 heavy (non-hydrogen) atoms. The molecule has 1 rings (SSSR count). The number of hydrogen-bond donors (Lipinski definition) is 4. The number of nitrogens with two attached hydrogens (primary N) is 2. The predicted molar refractivity (Wildman–Crippen MR) is 92.0 cm³/mol. The summed E-state index contributed by atoms with van der Waals surface area (Å²) in [6.45, 7) is 10.3. The first kappa shape index (κ1) is 21.5. The van der Waals surface area contributed by atoms with Crippen LogP contribution in [0.5, 0.6) is 0 Å². The highest BCUT2D eigenvalue weighted by atomic mass is 16.7. The van der Waals surface area contributed by atoms with E-state index in [4.69, 9.17) is 16.5 Å². The third kappa shape index (κ3) is 7.45. The fraction of sp³-hybridized carbons (Fsp3) is 0.875. The van der Waals surface area contributed by atoms with Gasteiger partial charge in [0.2, 0.25) is 0 Å². The topological polar surface area (TPSA) is 138 Å². The molecule has 6 N–H and O–H groups in total. The van der Waals surface area contributed by atoms with Gasteiger partial charge < -0.3 is 25.0 Å². The number of nitrogens with one attached hydrogen (secondary N) is 2. The molecule has 1 aliphatic carbocycles. The van der Waals surface area contributed by atoms with Crippen molar-refractivity contribution in [3.8, 4) is 0 Å². The number of alkyl carbamates (subject to hydrolysis) is 1. The minimum absolute atomic E-state index is 0.0838. The van der Waals surface area contributed by atoms with Gasteiger partial charge >= 0.3 is 12.2 Å². The summed E-state index contributed by atoms with van der Waals surface area (Å²) in [4.78, 5) is 32.5. The lowest BCUT2D eigenvalue weighted by molar-refractivity contribution is 0.0160. The van der Waals surface area contributed by atoms with E-state index < -0.39 is 17.7 Å². The Morgan fingerprint density at radius 1 is 1.12 bits per heavy atom. The molecule has 0 heterocycles. The van der Waals surface area contributed by atoms with E-state index in [0.717, 1.165) is 12.8 Å². The average molecular weight is 360 g/mol. The first-order chi connectivity index (χ1) is 11.4. The molecule has 0 aromatic rings. The molecule has 0 spiro atoms. The molecule has 0 aromatic heterocycles. The van der Waals surface area contributed by atoms with Crippen LogP contribution in [0, 0.1) is 10.8 Å². The Labute approximate surface area is 149 Å². The smallest absolute Gasteiger partial charge is 0.426 e. The zero-order valence-electron chi connectivity index (χ0n) is 15.8. The third-order valence-electron chi connectivity index (χ3n) is 4.27. The molecule has 1 saturated carbocycles. The fourth-order valence-corrected chi connectivity index (χ4v) is 3.69. The van der Waals surface area contributed by atoms with Crippen LogP contribution < -0.4 is 22.4 Å². The summed E-state index contributed by atoms with van der Waals surface area (Å²) < 4.78 is 5.28.